The summed E-state index contributed by atoms with van der Waals surface area (Å²) in [5, 5.41) is 5.15. The number of hydrogen-bond donors (Lipinski definition) is 1. The van der Waals surface area contributed by atoms with Gasteiger partial charge in [-0.3, -0.25) is 4.99 Å². The van der Waals surface area contributed by atoms with Crippen LogP contribution in [0, 0.1) is 5.41 Å². The first-order valence-corrected chi connectivity index (χ1v) is 8.30. The monoisotopic (exact) mass is 340 g/mol. The molecule has 4 heteroatoms. The van der Waals surface area contributed by atoms with Gasteiger partial charge in [-0.2, -0.15) is 0 Å². The van der Waals surface area contributed by atoms with Crippen LogP contribution in [0.3, 0.4) is 0 Å². The summed E-state index contributed by atoms with van der Waals surface area (Å²) in [7, 11) is 0. The van der Waals surface area contributed by atoms with Crippen LogP contribution in [0.2, 0.25) is 0 Å². The number of hydrogen-bond acceptors (Lipinski definition) is 3. The Labute approximate surface area is 128 Å². The third kappa shape index (κ3) is 4.84. The van der Waals surface area contributed by atoms with Gasteiger partial charge in [0.05, 0.1) is 6.54 Å². The van der Waals surface area contributed by atoms with Crippen molar-refractivity contribution in [1.29, 1.82) is 0 Å². The van der Waals surface area contributed by atoms with Crippen molar-refractivity contribution in [1.82, 2.24) is 5.32 Å². The van der Waals surface area contributed by atoms with E-state index in [4.69, 9.17) is 0 Å². The molecule has 2 nitrogen and oxygen atoms in total. The molecule has 0 saturated heterocycles. The van der Waals surface area contributed by atoms with Crippen LogP contribution >= 0.6 is 27.7 Å². The summed E-state index contributed by atoms with van der Waals surface area (Å²) in [5.74, 6) is 0. The molecule has 1 atom stereocenters. The molecule has 19 heavy (non-hydrogen) atoms. The molecule has 2 rings (SSSR count). The first-order chi connectivity index (χ1) is 8.94. The fourth-order valence-electron chi connectivity index (χ4n) is 2.12. The van der Waals surface area contributed by atoms with E-state index in [1.54, 1.807) is 0 Å². The number of aliphatic imine (C=N–C) groups is 1. The number of nitrogens with zero attached hydrogens (tertiary/aromatic N) is 1. The van der Waals surface area contributed by atoms with Crippen LogP contribution in [-0.4, -0.2) is 17.0 Å². The maximum Gasteiger partial charge on any atom is 0.157 e. The van der Waals surface area contributed by atoms with Gasteiger partial charge in [0.2, 0.25) is 0 Å². The summed E-state index contributed by atoms with van der Waals surface area (Å²) in [6.07, 6.45) is 1.21. The topological polar surface area (TPSA) is 24.4 Å². The Bertz CT molecular complexity index is 465. The highest BCUT2D eigenvalue weighted by Gasteiger charge is 2.24. The van der Waals surface area contributed by atoms with Crippen LogP contribution in [-0.2, 0) is 6.54 Å². The number of benzene rings is 1. The number of rotatable bonds is 3. The Kier molecular flexibility index (Phi) is 4.96. The average Bonchev–Trinajstić information content (AvgIpc) is 2.73. The molecule has 1 aromatic carbocycles. The molecule has 0 spiro atoms. The van der Waals surface area contributed by atoms with Crippen molar-refractivity contribution in [3.05, 3.63) is 34.3 Å². The molecule has 1 aliphatic heterocycles. The fourth-order valence-corrected chi connectivity index (χ4v) is 3.89. The van der Waals surface area contributed by atoms with Crippen molar-refractivity contribution in [3.63, 3.8) is 0 Å². The van der Waals surface area contributed by atoms with Gasteiger partial charge in [-0.25, -0.2) is 0 Å². The molecule has 104 valence electrons. The van der Waals surface area contributed by atoms with Crippen molar-refractivity contribution in [3.8, 4) is 0 Å². The highest BCUT2D eigenvalue weighted by Crippen LogP contribution is 2.31. The molecule has 0 aliphatic carbocycles. The van der Waals surface area contributed by atoms with E-state index < -0.39 is 0 Å². The third-order valence-corrected chi connectivity index (χ3v) is 4.86. The molecule has 0 aromatic heterocycles. The normalized spacial score (nSPS) is 19.4. The first-order valence-electron chi connectivity index (χ1n) is 6.62. The zero-order valence-corrected chi connectivity index (χ0v) is 14.1. The Balaban J connectivity index is 1.81. The van der Waals surface area contributed by atoms with Gasteiger partial charge in [-0.05, 0) is 23.5 Å². The van der Waals surface area contributed by atoms with Gasteiger partial charge in [0.1, 0.15) is 0 Å². The second-order valence-electron chi connectivity index (χ2n) is 6.10. The number of nitrogens with one attached hydrogen (secondary N) is 1. The largest absolute Gasteiger partial charge is 0.361 e. The predicted octanol–water partition coefficient (Wildman–Crippen LogP) is 4.45. The van der Waals surface area contributed by atoms with E-state index in [9.17, 15) is 0 Å². The van der Waals surface area contributed by atoms with E-state index in [0.29, 0.717) is 10.7 Å². The van der Waals surface area contributed by atoms with Crippen LogP contribution in [0.4, 0.5) is 0 Å². The SMILES string of the molecule is CC(C)(C)CC1CN=C(NCc2ccccc2Br)S1. The first kappa shape index (κ1) is 14.9. The molecule has 0 bridgehead atoms. The van der Waals surface area contributed by atoms with Gasteiger partial charge in [-0.1, -0.05) is 66.7 Å². The second kappa shape index (κ2) is 6.31. The average molecular weight is 341 g/mol. The highest BCUT2D eigenvalue weighted by atomic mass is 79.9. The lowest BCUT2D eigenvalue weighted by atomic mass is 9.90. The molecule has 0 fully saturated rings. The van der Waals surface area contributed by atoms with Crippen LogP contribution < -0.4 is 5.32 Å². The maximum absolute atomic E-state index is 4.60. The minimum Gasteiger partial charge on any atom is -0.361 e. The van der Waals surface area contributed by atoms with E-state index in [-0.39, 0.29) is 0 Å². The van der Waals surface area contributed by atoms with Gasteiger partial charge in [0.25, 0.3) is 0 Å². The van der Waals surface area contributed by atoms with Crippen LogP contribution in [0.25, 0.3) is 0 Å². The van der Waals surface area contributed by atoms with E-state index in [2.05, 4.69) is 65.2 Å². The Morgan fingerprint density at radius 1 is 1.37 bits per heavy atom. The van der Waals surface area contributed by atoms with Crippen LogP contribution in [0.1, 0.15) is 32.8 Å². The zero-order valence-electron chi connectivity index (χ0n) is 11.7. The van der Waals surface area contributed by atoms with Gasteiger partial charge in [0, 0.05) is 16.3 Å². The molecule has 0 amide bonds. The van der Waals surface area contributed by atoms with E-state index in [1.807, 2.05) is 17.8 Å². The number of amidine groups is 1. The van der Waals surface area contributed by atoms with Crippen LogP contribution in [0.5, 0.6) is 0 Å². The fraction of sp³-hybridized carbons (Fsp3) is 0.533. The Morgan fingerprint density at radius 3 is 2.79 bits per heavy atom. The van der Waals surface area contributed by atoms with Crippen LogP contribution in [0.15, 0.2) is 33.7 Å². The van der Waals surface area contributed by atoms with Gasteiger partial charge in [-0.15, -0.1) is 0 Å². The summed E-state index contributed by atoms with van der Waals surface area (Å²) >= 11 is 5.46. The lowest BCUT2D eigenvalue weighted by Gasteiger charge is -2.21. The molecule has 1 N–H and O–H groups in total. The van der Waals surface area contributed by atoms with E-state index in [1.165, 1.54) is 12.0 Å². The summed E-state index contributed by atoms with van der Waals surface area (Å²) < 4.78 is 1.15. The van der Waals surface area contributed by atoms with Gasteiger partial charge < -0.3 is 5.32 Å². The van der Waals surface area contributed by atoms with Crippen molar-refractivity contribution >= 4 is 32.9 Å². The summed E-state index contributed by atoms with van der Waals surface area (Å²) in [5.41, 5.74) is 1.65. The Morgan fingerprint density at radius 2 is 2.11 bits per heavy atom. The smallest absolute Gasteiger partial charge is 0.157 e. The standard InChI is InChI=1S/C15H21BrN2S/c1-15(2,3)8-12-10-18-14(19-12)17-9-11-6-4-5-7-13(11)16/h4-7,12H,8-10H2,1-3H3,(H,17,18). The summed E-state index contributed by atoms with van der Waals surface area (Å²) in [6.45, 7) is 8.65. The number of halogens is 1. The van der Waals surface area contributed by atoms with Gasteiger partial charge in [0.15, 0.2) is 5.17 Å². The molecule has 1 aromatic rings. The molecule has 1 unspecified atom stereocenters. The lowest BCUT2D eigenvalue weighted by Crippen LogP contribution is -2.20. The van der Waals surface area contributed by atoms with Crippen molar-refractivity contribution < 1.29 is 0 Å². The zero-order chi connectivity index (χ0) is 13.9. The molecule has 0 saturated carbocycles. The quantitative estimate of drug-likeness (QED) is 0.879. The molecular formula is C15H21BrN2S. The minimum absolute atomic E-state index is 0.380. The van der Waals surface area contributed by atoms with Gasteiger partial charge >= 0.3 is 0 Å². The predicted molar refractivity (Wildman–Crippen MR) is 88.7 cm³/mol. The van der Waals surface area contributed by atoms with E-state index in [0.717, 1.165) is 22.7 Å². The highest BCUT2D eigenvalue weighted by molar-refractivity contribution is 9.10. The van der Waals surface area contributed by atoms with E-state index >= 15 is 0 Å². The third-order valence-electron chi connectivity index (χ3n) is 2.94. The number of thioether (sulfide) groups is 1. The summed E-state index contributed by atoms with van der Waals surface area (Å²) in [4.78, 5) is 4.60. The minimum atomic E-state index is 0.380. The second-order valence-corrected chi connectivity index (χ2v) is 8.24. The molecule has 0 radical (unpaired) electrons. The van der Waals surface area contributed by atoms with Crippen molar-refractivity contribution in [2.45, 2.75) is 39.0 Å². The lowest BCUT2D eigenvalue weighted by molar-refractivity contribution is 0.375. The van der Waals surface area contributed by atoms with Crippen molar-refractivity contribution in [2.24, 2.45) is 10.4 Å². The summed E-state index contributed by atoms with van der Waals surface area (Å²) in [6, 6.07) is 8.30. The van der Waals surface area contributed by atoms with Crippen molar-refractivity contribution in [2.75, 3.05) is 6.54 Å². The maximum atomic E-state index is 4.60. The Hall–Kier alpha value is -0.480. The molecule has 1 heterocycles. The molecule has 1 aliphatic rings. The molecular weight excluding hydrogens is 320 g/mol.